The molecule has 0 aliphatic heterocycles. The number of nitrogens with one attached hydrogen (secondary N) is 3. The van der Waals surface area contributed by atoms with Crippen molar-refractivity contribution < 1.29 is 9.59 Å². The highest BCUT2D eigenvalue weighted by Crippen LogP contribution is 2.15. The zero-order valence-electron chi connectivity index (χ0n) is 16.7. The number of hydrogen-bond acceptors (Lipinski definition) is 3. The highest BCUT2D eigenvalue weighted by Gasteiger charge is 2.10. The Morgan fingerprint density at radius 2 is 1.42 bits per heavy atom. The molecule has 0 bridgehead atoms. The van der Waals surface area contributed by atoms with Crippen LogP contribution in [0, 0.1) is 0 Å². The molecule has 0 spiro atoms. The lowest BCUT2D eigenvalue weighted by molar-refractivity contribution is 0.102. The van der Waals surface area contributed by atoms with Gasteiger partial charge in [-0.05, 0) is 35.9 Å². The Balaban J connectivity index is 1.36. The van der Waals surface area contributed by atoms with Crippen molar-refractivity contribution in [3.8, 4) is 0 Å². The second-order valence-corrected chi connectivity index (χ2v) is 6.89. The van der Waals surface area contributed by atoms with Gasteiger partial charge in [-0.15, -0.1) is 0 Å². The zero-order chi connectivity index (χ0) is 21.5. The maximum atomic E-state index is 12.6. The summed E-state index contributed by atoms with van der Waals surface area (Å²) in [5.41, 5.74) is 3.34. The van der Waals surface area contributed by atoms with Crippen LogP contribution in [0.25, 0.3) is 0 Å². The van der Waals surface area contributed by atoms with Crippen molar-refractivity contribution in [2.75, 3.05) is 16.0 Å². The maximum absolute atomic E-state index is 12.6. The number of urea groups is 1. The van der Waals surface area contributed by atoms with Gasteiger partial charge in [0.1, 0.15) is 0 Å². The Labute approximate surface area is 179 Å². The van der Waals surface area contributed by atoms with E-state index in [1.165, 1.54) is 0 Å². The monoisotopic (exact) mass is 411 g/mol. The molecule has 31 heavy (non-hydrogen) atoms. The molecular weight excluding hydrogens is 390 g/mol. The van der Waals surface area contributed by atoms with Gasteiger partial charge in [0.15, 0.2) is 0 Å². The van der Waals surface area contributed by atoms with Gasteiger partial charge in [-0.3, -0.25) is 9.48 Å². The van der Waals surface area contributed by atoms with Gasteiger partial charge in [-0.1, -0.05) is 54.6 Å². The molecule has 0 radical (unpaired) electrons. The molecule has 0 aliphatic carbocycles. The summed E-state index contributed by atoms with van der Waals surface area (Å²) >= 11 is 0. The highest BCUT2D eigenvalue weighted by atomic mass is 16.2. The van der Waals surface area contributed by atoms with Crippen LogP contribution in [0.3, 0.4) is 0 Å². The van der Waals surface area contributed by atoms with Crippen molar-refractivity contribution >= 4 is 29.0 Å². The topological polar surface area (TPSA) is 88.1 Å². The summed E-state index contributed by atoms with van der Waals surface area (Å²) in [6.07, 6.45) is 3.39. The summed E-state index contributed by atoms with van der Waals surface area (Å²) in [7, 11) is 0. The van der Waals surface area contributed by atoms with E-state index in [9.17, 15) is 9.59 Å². The minimum Gasteiger partial charge on any atom is -0.319 e. The lowest BCUT2D eigenvalue weighted by Gasteiger charge is -2.09. The predicted molar refractivity (Wildman–Crippen MR) is 121 cm³/mol. The largest absolute Gasteiger partial charge is 0.323 e. The Kier molecular flexibility index (Phi) is 6.04. The first-order valence-corrected chi connectivity index (χ1v) is 9.76. The van der Waals surface area contributed by atoms with Crippen LogP contribution in [0.4, 0.5) is 21.9 Å². The molecule has 0 saturated carbocycles. The zero-order valence-corrected chi connectivity index (χ0v) is 16.7. The van der Waals surface area contributed by atoms with E-state index in [0.29, 0.717) is 29.2 Å². The van der Waals surface area contributed by atoms with Gasteiger partial charge in [0.25, 0.3) is 5.91 Å². The minimum atomic E-state index is -0.383. The number of carbonyl (C=O) groups excluding carboxylic acids is 2. The molecule has 3 amide bonds. The van der Waals surface area contributed by atoms with Crippen LogP contribution < -0.4 is 16.0 Å². The molecule has 0 fully saturated rings. The molecule has 0 aliphatic rings. The van der Waals surface area contributed by atoms with Crippen LogP contribution in [0.1, 0.15) is 15.9 Å². The second-order valence-electron chi connectivity index (χ2n) is 6.89. The van der Waals surface area contributed by atoms with E-state index in [1.807, 2.05) is 48.5 Å². The van der Waals surface area contributed by atoms with Crippen molar-refractivity contribution in [2.45, 2.75) is 6.54 Å². The van der Waals surface area contributed by atoms with Gasteiger partial charge in [0, 0.05) is 23.1 Å². The van der Waals surface area contributed by atoms with Gasteiger partial charge in [0.2, 0.25) is 0 Å². The number of anilines is 3. The van der Waals surface area contributed by atoms with E-state index in [-0.39, 0.29) is 11.9 Å². The Bertz CT molecular complexity index is 1170. The van der Waals surface area contributed by atoms with Gasteiger partial charge in [-0.25, -0.2) is 4.79 Å². The number of nitrogens with zero attached hydrogens (tertiary/aromatic N) is 2. The Morgan fingerprint density at radius 1 is 0.742 bits per heavy atom. The third-order valence-electron chi connectivity index (χ3n) is 4.49. The van der Waals surface area contributed by atoms with Crippen LogP contribution in [-0.4, -0.2) is 21.7 Å². The SMILES string of the molecule is O=C(Nc1ccccc1)Nc1cccc(C(=O)Nc2cnn(Cc3ccccc3)c2)c1. The fraction of sp³-hybridized carbons (Fsp3) is 0.0417. The number of benzene rings is 3. The van der Waals surface area contributed by atoms with Crippen LogP contribution in [-0.2, 0) is 6.54 Å². The molecular formula is C24H21N5O2. The molecule has 1 heterocycles. The van der Waals surface area contributed by atoms with Crippen LogP contribution >= 0.6 is 0 Å². The molecule has 4 rings (SSSR count). The number of para-hydroxylation sites is 1. The van der Waals surface area contributed by atoms with E-state index in [1.54, 1.807) is 53.5 Å². The molecule has 154 valence electrons. The van der Waals surface area contributed by atoms with E-state index in [2.05, 4.69) is 21.0 Å². The summed E-state index contributed by atoms with van der Waals surface area (Å²) in [5, 5.41) is 12.6. The summed E-state index contributed by atoms with van der Waals surface area (Å²) in [6, 6.07) is 25.4. The molecule has 3 N–H and O–H groups in total. The predicted octanol–water partition coefficient (Wildman–Crippen LogP) is 4.83. The molecule has 0 atom stereocenters. The van der Waals surface area contributed by atoms with Crippen molar-refractivity contribution in [3.63, 3.8) is 0 Å². The number of amides is 3. The lowest BCUT2D eigenvalue weighted by Crippen LogP contribution is -2.20. The molecule has 1 aromatic heterocycles. The third-order valence-corrected chi connectivity index (χ3v) is 4.49. The summed E-state index contributed by atoms with van der Waals surface area (Å²) in [6.45, 7) is 0.618. The van der Waals surface area contributed by atoms with Gasteiger partial charge in [-0.2, -0.15) is 5.10 Å². The number of hydrogen-bond donors (Lipinski definition) is 3. The van der Waals surface area contributed by atoms with Gasteiger partial charge >= 0.3 is 6.03 Å². The first kappa shape index (κ1) is 19.9. The second kappa shape index (κ2) is 9.41. The van der Waals surface area contributed by atoms with Gasteiger partial charge < -0.3 is 16.0 Å². The number of aromatic nitrogens is 2. The van der Waals surface area contributed by atoms with Crippen LogP contribution in [0.2, 0.25) is 0 Å². The van der Waals surface area contributed by atoms with E-state index < -0.39 is 0 Å². The van der Waals surface area contributed by atoms with Gasteiger partial charge in [0.05, 0.1) is 18.4 Å². The average Bonchev–Trinajstić information content (AvgIpc) is 3.22. The van der Waals surface area contributed by atoms with Crippen LogP contribution in [0.5, 0.6) is 0 Å². The van der Waals surface area contributed by atoms with Crippen molar-refractivity contribution in [1.29, 1.82) is 0 Å². The van der Waals surface area contributed by atoms with Crippen LogP contribution in [0.15, 0.2) is 97.3 Å². The lowest BCUT2D eigenvalue weighted by atomic mass is 10.2. The Hall–Kier alpha value is -4.39. The normalized spacial score (nSPS) is 10.3. The fourth-order valence-electron chi connectivity index (χ4n) is 3.04. The molecule has 0 unspecified atom stereocenters. The molecule has 3 aromatic carbocycles. The fourth-order valence-corrected chi connectivity index (χ4v) is 3.04. The average molecular weight is 411 g/mol. The van der Waals surface area contributed by atoms with Crippen molar-refractivity contribution in [2.24, 2.45) is 0 Å². The molecule has 4 aromatic rings. The molecule has 0 saturated heterocycles. The quantitative estimate of drug-likeness (QED) is 0.425. The number of carbonyl (C=O) groups is 2. The Morgan fingerprint density at radius 3 is 2.19 bits per heavy atom. The first-order valence-electron chi connectivity index (χ1n) is 9.76. The summed E-state index contributed by atoms with van der Waals surface area (Å²) in [4.78, 5) is 24.8. The molecule has 7 nitrogen and oxygen atoms in total. The smallest absolute Gasteiger partial charge is 0.319 e. The standard InChI is InChI=1S/C24H21N5O2/c30-23(26-22-15-25-29(17-22)16-18-8-3-1-4-9-18)19-10-7-13-21(14-19)28-24(31)27-20-11-5-2-6-12-20/h1-15,17H,16H2,(H,26,30)(H2,27,28,31). The molecule has 7 heteroatoms. The van der Waals surface area contributed by atoms with E-state index in [0.717, 1.165) is 5.56 Å². The summed E-state index contributed by atoms with van der Waals surface area (Å²) in [5.74, 6) is -0.286. The third kappa shape index (κ3) is 5.57. The van der Waals surface area contributed by atoms with Crippen molar-refractivity contribution in [3.05, 3.63) is 108 Å². The highest BCUT2D eigenvalue weighted by molar-refractivity contribution is 6.06. The summed E-state index contributed by atoms with van der Waals surface area (Å²) < 4.78 is 1.76. The first-order chi connectivity index (χ1) is 15.2. The van der Waals surface area contributed by atoms with E-state index >= 15 is 0 Å². The minimum absolute atomic E-state index is 0.286. The maximum Gasteiger partial charge on any atom is 0.323 e. The van der Waals surface area contributed by atoms with Crippen molar-refractivity contribution in [1.82, 2.24) is 9.78 Å². The van der Waals surface area contributed by atoms with E-state index in [4.69, 9.17) is 0 Å². The number of rotatable bonds is 6.